The summed E-state index contributed by atoms with van der Waals surface area (Å²) < 4.78 is 13.7. The van der Waals surface area contributed by atoms with Crippen molar-refractivity contribution >= 4 is 12.3 Å². The molecule has 77 heavy (non-hydrogen) atoms. The fourth-order valence-electron chi connectivity index (χ4n) is 23.1. The van der Waals surface area contributed by atoms with Crippen LogP contribution in [0.2, 0.25) is 0 Å². The molecule has 4 bridgehead atoms. The van der Waals surface area contributed by atoms with Crippen molar-refractivity contribution in [3.8, 4) is 11.8 Å². The summed E-state index contributed by atoms with van der Waals surface area (Å²) in [4.78, 5) is 29.5. The summed E-state index contributed by atoms with van der Waals surface area (Å²) in [6.45, 7) is 2.90. The Hall–Kier alpha value is -3.40. The number of aldehydes is 1. The van der Waals surface area contributed by atoms with Gasteiger partial charge in [-0.3, -0.25) is 0 Å². The molecule has 9 saturated carbocycles. The molecule has 10 nitrogen and oxygen atoms in total. The molecular formula is C67H87NO9. The van der Waals surface area contributed by atoms with Gasteiger partial charge in [0.05, 0.1) is 29.8 Å². The third-order valence-electron chi connectivity index (χ3n) is 26.1. The summed E-state index contributed by atoms with van der Waals surface area (Å²) in [5.74, 6) is 6.01. The van der Waals surface area contributed by atoms with Crippen molar-refractivity contribution in [2.24, 2.45) is 86.8 Å². The third kappa shape index (κ3) is 7.05. The van der Waals surface area contributed by atoms with Gasteiger partial charge in [-0.05, 0) is 186 Å². The van der Waals surface area contributed by atoms with Crippen LogP contribution in [-0.2, 0) is 38.5 Å². The first-order chi connectivity index (χ1) is 37.2. The Balaban J connectivity index is 0.957. The van der Waals surface area contributed by atoms with Gasteiger partial charge in [0, 0.05) is 64.2 Å². The Morgan fingerprint density at radius 3 is 2.43 bits per heavy atom. The first-order valence-corrected chi connectivity index (χ1v) is 31.0. The maximum Gasteiger partial charge on any atom is 0.331 e. The van der Waals surface area contributed by atoms with Gasteiger partial charge in [0.15, 0.2) is 0 Å². The molecule has 2 aliphatic heterocycles. The number of aliphatic hydroxyl groups is 5. The summed E-state index contributed by atoms with van der Waals surface area (Å²) in [6.07, 6.45) is 18.7. The standard InChI is InChI=1S/C67H87NO9/c1-40(43-13-6-7-14-43)45-19-20-52-60-62(34-42(29-48(62)23-28-76-60)18-17-41-11-4-3-5-12-41)38-64(39-70)55-22-27-63-37-61(24-8-9-25-61)26-21-44-15-10-16-46(36-69)49(44)32-54(68-2)50-30-47(57(63)51-33-56(71)77-58(50)51)35-65(63,73)67(55,75)59(72)53(31-45)66(52,64)74/h3-5,10-12,15-16,33,39-40,42-43,45,47-48,50,52-55,57-60,68-69,72-75H,6-9,13-14,17-20,22-25,27-32,34-38H2,1-2H3. The molecule has 0 radical (unpaired) electrons. The van der Waals surface area contributed by atoms with Gasteiger partial charge >= 0.3 is 5.97 Å². The lowest BCUT2D eigenvalue weighted by molar-refractivity contribution is -0.390. The van der Waals surface area contributed by atoms with Crippen LogP contribution in [0, 0.1) is 98.6 Å². The number of fused-ring (bicyclic) bond motifs is 5. The Bertz CT molecular complexity index is 2740. The van der Waals surface area contributed by atoms with Crippen LogP contribution in [0.15, 0.2) is 60.2 Å². The molecule has 3 spiro atoms. The predicted molar refractivity (Wildman–Crippen MR) is 291 cm³/mol. The minimum absolute atomic E-state index is 0.118. The maximum absolute atomic E-state index is 15.5. The molecule has 414 valence electrons. The number of ether oxygens (including phenoxy) is 2. The SMILES string of the molecule is CNC1Cc2c(cccc2CO)C#CC2(CCCC2)CC23CCC4C5(C=O)CC67CC(CCc8ccccc8)CC6CCOC7C6CCC(C(C)C7CCCC7)CC(C(O)C4(O)C2(O)CC2CC1C1OC(=O)C=C1C23)C65O. The molecule has 20 atom stereocenters. The van der Waals surface area contributed by atoms with Gasteiger partial charge in [-0.15, -0.1) is 0 Å². The van der Waals surface area contributed by atoms with Crippen molar-refractivity contribution in [1.29, 1.82) is 0 Å². The largest absolute Gasteiger partial charge is 0.454 e. The monoisotopic (exact) mass is 1050 g/mol. The highest BCUT2D eigenvalue weighted by Crippen LogP contribution is 2.81. The van der Waals surface area contributed by atoms with Gasteiger partial charge in [0.2, 0.25) is 0 Å². The lowest BCUT2D eigenvalue weighted by Gasteiger charge is -2.75. The molecular weight excluding hydrogens is 963 g/mol. The van der Waals surface area contributed by atoms with Gasteiger partial charge in [0.25, 0.3) is 0 Å². The Morgan fingerprint density at radius 2 is 1.66 bits per heavy atom. The second kappa shape index (κ2) is 18.6. The number of aryl methyl sites for hydroxylation is 1. The second-order valence-electron chi connectivity index (χ2n) is 28.5. The van der Waals surface area contributed by atoms with E-state index in [9.17, 15) is 20.1 Å². The lowest BCUT2D eigenvalue weighted by Crippen LogP contribution is -2.87. The Kier molecular flexibility index (Phi) is 12.5. The number of nitrogens with one attached hydrogen (secondary N) is 1. The van der Waals surface area contributed by atoms with Crippen LogP contribution in [0.4, 0.5) is 0 Å². The summed E-state index contributed by atoms with van der Waals surface area (Å²) in [5.41, 5.74) is -4.38. The summed E-state index contributed by atoms with van der Waals surface area (Å²) in [5, 5.41) is 73.7. The van der Waals surface area contributed by atoms with E-state index in [4.69, 9.17) is 9.47 Å². The zero-order valence-corrected chi connectivity index (χ0v) is 46.0. The van der Waals surface area contributed by atoms with Crippen molar-refractivity contribution in [3.63, 3.8) is 0 Å². The summed E-state index contributed by atoms with van der Waals surface area (Å²) in [6, 6.07) is 16.6. The number of rotatable bonds is 8. The summed E-state index contributed by atoms with van der Waals surface area (Å²) >= 11 is 0. The van der Waals surface area contributed by atoms with Crippen molar-refractivity contribution in [2.75, 3.05) is 13.7 Å². The number of aliphatic hydroxyl groups excluding tert-OH is 2. The molecule has 2 aromatic carbocycles. The summed E-state index contributed by atoms with van der Waals surface area (Å²) in [7, 11) is 1.96. The zero-order chi connectivity index (χ0) is 52.9. The quantitative estimate of drug-likeness (QED) is 0.0854. The number of likely N-dealkylation sites (N-methyl/N-ethyl adjacent to an activating group) is 1. The van der Waals surface area contributed by atoms with E-state index >= 15 is 15.0 Å². The molecule has 20 unspecified atom stereocenters. The molecule has 0 amide bonds. The fourth-order valence-corrected chi connectivity index (χ4v) is 23.1. The van der Waals surface area contributed by atoms with Crippen LogP contribution in [0.25, 0.3) is 0 Å². The van der Waals surface area contributed by atoms with E-state index in [-0.39, 0.29) is 60.7 Å². The smallest absolute Gasteiger partial charge is 0.331 e. The molecule has 6 N–H and O–H groups in total. The van der Waals surface area contributed by atoms with Gasteiger partial charge in [-0.25, -0.2) is 4.79 Å². The molecule has 13 aliphatic rings. The van der Waals surface area contributed by atoms with Gasteiger partial charge < -0.3 is 45.1 Å². The molecule has 2 aromatic rings. The van der Waals surface area contributed by atoms with Crippen molar-refractivity contribution in [2.45, 2.75) is 202 Å². The van der Waals surface area contributed by atoms with Crippen LogP contribution >= 0.6 is 0 Å². The average molecular weight is 1050 g/mol. The van der Waals surface area contributed by atoms with Crippen molar-refractivity contribution in [1.82, 2.24) is 5.32 Å². The number of carbonyl (C=O) groups excluding carboxylic acids is 2. The Morgan fingerprint density at radius 1 is 0.857 bits per heavy atom. The van der Waals surface area contributed by atoms with E-state index in [0.29, 0.717) is 75.7 Å². The third-order valence-corrected chi connectivity index (χ3v) is 26.1. The van der Waals surface area contributed by atoms with Crippen LogP contribution in [0.5, 0.6) is 0 Å². The van der Waals surface area contributed by atoms with Gasteiger partial charge in [-0.1, -0.05) is 99.8 Å². The minimum atomic E-state index is -2.19. The number of esters is 1. The highest BCUT2D eigenvalue weighted by atomic mass is 16.5. The van der Waals surface area contributed by atoms with E-state index in [1.807, 2.05) is 19.2 Å². The first kappa shape index (κ1) is 51.7. The van der Waals surface area contributed by atoms with Crippen LogP contribution in [-0.4, -0.2) is 92.6 Å². The number of carbonyl (C=O) groups is 2. The molecule has 10 fully saturated rings. The van der Waals surface area contributed by atoms with Crippen molar-refractivity contribution in [3.05, 3.63) is 82.4 Å². The van der Waals surface area contributed by atoms with Gasteiger partial charge in [0.1, 0.15) is 23.6 Å². The van der Waals surface area contributed by atoms with E-state index in [0.717, 1.165) is 92.8 Å². The molecule has 11 aliphatic carbocycles. The van der Waals surface area contributed by atoms with Crippen LogP contribution in [0.1, 0.15) is 164 Å². The fraction of sp³-hybridized carbons (Fsp3) is 0.731. The number of benzene rings is 2. The van der Waals surface area contributed by atoms with Crippen molar-refractivity contribution < 1.29 is 44.6 Å². The van der Waals surface area contributed by atoms with E-state index < -0.39 is 68.4 Å². The normalized spacial score (nSPS) is 47.4. The predicted octanol–water partition coefficient (Wildman–Crippen LogP) is 8.98. The lowest BCUT2D eigenvalue weighted by atomic mass is 9.32. The molecule has 15 rings (SSSR count). The number of hydrogen-bond acceptors (Lipinski definition) is 10. The average Bonchev–Trinajstić information content (AvgIpc) is 2.84. The molecule has 0 aromatic heterocycles. The Labute approximate surface area is 457 Å². The topological polar surface area (TPSA) is 166 Å². The first-order valence-electron chi connectivity index (χ1n) is 31.0. The highest BCUT2D eigenvalue weighted by Gasteiger charge is 2.87. The van der Waals surface area contributed by atoms with Crippen LogP contribution in [0.3, 0.4) is 0 Å². The molecule has 1 saturated heterocycles. The van der Waals surface area contributed by atoms with Crippen LogP contribution < -0.4 is 5.32 Å². The van der Waals surface area contributed by atoms with E-state index in [2.05, 4.69) is 60.5 Å². The van der Waals surface area contributed by atoms with E-state index in [1.165, 1.54) is 31.2 Å². The van der Waals surface area contributed by atoms with Gasteiger partial charge in [-0.2, -0.15) is 0 Å². The highest BCUT2D eigenvalue weighted by molar-refractivity contribution is 5.86. The minimum Gasteiger partial charge on any atom is -0.454 e. The zero-order valence-electron chi connectivity index (χ0n) is 46.0. The molecule has 10 heteroatoms. The number of hydrogen-bond donors (Lipinski definition) is 6. The molecule has 2 heterocycles. The maximum atomic E-state index is 15.5. The van der Waals surface area contributed by atoms with E-state index in [1.54, 1.807) is 6.08 Å². The second-order valence-corrected chi connectivity index (χ2v) is 28.5.